The average Bonchev–Trinajstić information content (AvgIpc) is 2.37. The van der Waals surface area contributed by atoms with E-state index in [0.29, 0.717) is 17.0 Å². The van der Waals surface area contributed by atoms with Gasteiger partial charge in [0.05, 0.1) is 25.1 Å². The molecule has 2 aromatic rings. The zero-order valence-corrected chi connectivity index (χ0v) is 9.81. The first-order valence-corrected chi connectivity index (χ1v) is 5.09. The Kier molecular flexibility index (Phi) is 2.93. The normalized spacial score (nSPS) is 10.3. The predicted octanol–water partition coefficient (Wildman–Crippen LogP) is 1.24. The van der Waals surface area contributed by atoms with Crippen LogP contribution in [0.5, 0.6) is 11.5 Å². The number of aromatic nitrogens is 1. The quantitative estimate of drug-likeness (QED) is 0.854. The van der Waals surface area contributed by atoms with Crippen LogP contribution >= 0.6 is 0 Å². The van der Waals surface area contributed by atoms with E-state index in [2.05, 4.69) is 4.98 Å². The summed E-state index contributed by atoms with van der Waals surface area (Å²) < 4.78 is 10.3. The van der Waals surface area contributed by atoms with Gasteiger partial charge < -0.3 is 19.6 Å². The molecule has 6 nitrogen and oxygen atoms in total. The summed E-state index contributed by atoms with van der Waals surface area (Å²) in [5.74, 6) is -0.444. The van der Waals surface area contributed by atoms with Gasteiger partial charge in [0.1, 0.15) is 5.56 Å². The maximum atomic E-state index is 11.9. The fourth-order valence-electron chi connectivity index (χ4n) is 1.77. The lowest BCUT2D eigenvalue weighted by atomic mass is 10.1. The zero-order chi connectivity index (χ0) is 13.3. The van der Waals surface area contributed by atoms with Gasteiger partial charge in [0.25, 0.3) is 0 Å². The van der Waals surface area contributed by atoms with Crippen LogP contribution in [0.15, 0.2) is 23.1 Å². The number of carbonyl (C=O) groups is 1. The van der Waals surface area contributed by atoms with E-state index in [1.165, 1.54) is 20.3 Å². The Labute approximate surface area is 102 Å². The van der Waals surface area contributed by atoms with Crippen molar-refractivity contribution in [2.45, 2.75) is 0 Å². The number of H-pyrrole nitrogens is 1. The number of ether oxygens (including phenoxy) is 2. The minimum absolute atomic E-state index is 0.243. The number of aromatic carboxylic acids is 1. The summed E-state index contributed by atoms with van der Waals surface area (Å²) in [6.45, 7) is 0. The van der Waals surface area contributed by atoms with Gasteiger partial charge in [-0.1, -0.05) is 0 Å². The van der Waals surface area contributed by atoms with Gasteiger partial charge in [-0.2, -0.15) is 0 Å². The van der Waals surface area contributed by atoms with E-state index in [9.17, 15) is 9.59 Å². The van der Waals surface area contributed by atoms with Crippen LogP contribution in [0.1, 0.15) is 10.4 Å². The number of benzene rings is 1. The SMILES string of the molecule is COc1ccc2c(=O)c(C(=O)O)c[nH]c2c1OC. The third-order valence-electron chi connectivity index (χ3n) is 2.63. The molecular formula is C12H11NO5. The maximum absolute atomic E-state index is 11.9. The van der Waals surface area contributed by atoms with E-state index < -0.39 is 11.4 Å². The molecule has 0 atom stereocenters. The molecule has 0 unspecified atom stereocenters. The highest BCUT2D eigenvalue weighted by Crippen LogP contribution is 2.32. The van der Waals surface area contributed by atoms with Crippen molar-refractivity contribution in [3.8, 4) is 11.5 Å². The second-order valence-corrected chi connectivity index (χ2v) is 3.56. The third-order valence-corrected chi connectivity index (χ3v) is 2.63. The third kappa shape index (κ3) is 1.67. The summed E-state index contributed by atoms with van der Waals surface area (Å²) in [5.41, 5.74) is -0.459. The van der Waals surface area contributed by atoms with Crippen molar-refractivity contribution in [2.75, 3.05) is 14.2 Å². The molecule has 0 saturated heterocycles. The van der Waals surface area contributed by atoms with Crippen LogP contribution in [-0.4, -0.2) is 30.3 Å². The van der Waals surface area contributed by atoms with Gasteiger partial charge in [0, 0.05) is 6.20 Å². The van der Waals surface area contributed by atoms with E-state index in [-0.39, 0.29) is 10.9 Å². The topological polar surface area (TPSA) is 88.6 Å². The number of hydrogen-bond donors (Lipinski definition) is 2. The summed E-state index contributed by atoms with van der Waals surface area (Å²) in [4.78, 5) is 25.6. The molecular weight excluding hydrogens is 238 g/mol. The Morgan fingerprint density at radius 1 is 1.28 bits per heavy atom. The Balaban J connectivity index is 2.86. The van der Waals surface area contributed by atoms with Gasteiger partial charge in [-0.05, 0) is 12.1 Å². The van der Waals surface area contributed by atoms with Gasteiger partial charge in [0.2, 0.25) is 5.43 Å². The highest BCUT2D eigenvalue weighted by Gasteiger charge is 2.16. The Morgan fingerprint density at radius 3 is 2.56 bits per heavy atom. The van der Waals surface area contributed by atoms with E-state index in [1.54, 1.807) is 6.07 Å². The Morgan fingerprint density at radius 2 is 2.00 bits per heavy atom. The molecule has 0 spiro atoms. The molecule has 0 fully saturated rings. The van der Waals surface area contributed by atoms with E-state index in [4.69, 9.17) is 14.6 Å². The fraction of sp³-hybridized carbons (Fsp3) is 0.167. The Bertz CT molecular complexity index is 674. The van der Waals surface area contributed by atoms with Crippen LogP contribution < -0.4 is 14.9 Å². The first-order chi connectivity index (χ1) is 8.60. The number of fused-ring (bicyclic) bond motifs is 1. The highest BCUT2D eigenvalue weighted by atomic mass is 16.5. The summed E-state index contributed by atoms with van der Waals surface area (Å²) in [6.07, 6.45) is 1.15. The molecule has 0 aliphatic carbocycles. The molecule has 0 radical (unpaired) electrons. The minimum atomic E-state index is -1.27. The number of nitrogens with one attached hydrogen (secondary N) is 1. The van der Waals surface area contributed by atoms with E-state index in [1.807, 2.05) is 0 Å². The number of carboxylic acids is 1. The van der Waals surface area contributed by atoms with Crippen molar-refractivity contribution in [3.05, 3.63) is 34.1 Å². The molecule has 94 valence electrons. The molecule has 0 saturated carbocycles. The standard InChI is InChI=1S/C12H11NO5/c1-17-8-4-3-6-9(11(8)18-2)13-5-7(10(6)14)12(15)16/h3-5H,1-2H3,(H,13,14)(H,15,16). The minimum Gasteiger partial charge on any atom is -0.493 e. The molecule has 0 aliphatic heterocycles. The lowest BCUT2D eigenvalue weighted by Crippen LogP contribution is -2.15. The van der Waals surface area contributed by atoms with Gasteiger partial charge in [-0.15, -0.1) is 0 Å². The van der Waals surface area contributed by atoms with Crippen LogP contribution in [0, 0.1) is 0 Å². The zero-order valence-electron chi connectivity index (χ0n) is 9.81. The van der Waals surface area contributed by atoms with Gasteiger partial charge in [-0.25, -0.2) is 4.79 Å². The summed E-state index contributed by atoms with van der Waals surface area (Å²) in [7, 11) is 2.92. The number of hydrogen-bond acceptors (Lipinski definition) is 4. The van der Waals surface area contributed by atoms with Crippen molar-refractivity contribution in [1.29, 1.82) is 0 Å². The van der Waals surface area contributed by atoms with Crippen LogP contribution in [0.4, 0.5) is 0 Å². The van der Waals surface area contributed by atoms with Crippen LogP contribution in [0.2, 0.25) is 0 Å². The predicted molar refractivity (Wildman–Crippen MR) is 64.6 cm³/mol. The number of rotatable bonds is 3. The monoisotopic (exact) mass is 249 g/mol. The van der Waals surface area contributed by atoms with Crippen molar-refractivity contribution in [2.24, 2.45) is 0 Å². The molecule has 0 amide bonds. The summed E-state index contributed by atoms with van der Waals surface area (Å²) in [5, 5.41) is 9.12. The second kappa shape index (κ2) is 4.40. The van der Waals surface area contributed by atoms with Gasteiger partial charge in [0.15, 0.2) is 11.5 Å². The number of pyridine rings is 1. The van der Waals surface area contributed by atoms with Crippen molar-refractivity contribution >= 4 is 16.9 Å². The molecule has 0 bridgehead atoms. The van der Waals surface area contributed by atoms with E-state index in [0.717, 1.165) is 6.20 Å². The van der Waals surface area contributed by atoms with Crippen molar-refractivity contribution < 1.29 is 19.4 Å². The summed E-state index contributed by atoms with van der Waals surface area (Å²) >= 11 is 0. The van der Waals surface area contributed by atoms with Crippen LogP contribution in [0.25, 0.3) is 10.9 Å². The van der Waals surface area contributed by atoms with Crippen LogP contribution in [-0.2, 0) is 0 Å². The molecule has 1 aromatic heterocycles. The molecule has 2 N–H and O–H groups in total. The fourth-order valence-corrected chi connectivity index (χ4v) is 1.77. The number of carboxylic acid groups (broad SMARTS) is 1. The van der Waals surface area contributed by atoms with Crippen molar-refractivity contribution in [3.63, 3.8) is 0 Å². The lowest BCUT2D eigenvalue weighted by molar-refractivity contribution is 0.0695. The highest BCUT2D eigenvalue weighted by molar-refractivity contribution is 5.94. The Hall–Kier alpha value is -2.50. The molecule has 2 rings (SSSR count). The number of aromatic amines is 1. The molecule has 18 heavy (non-hydrogen) atoms. The molecule has 0 aliphatic rings. The summed E-state index contributed by atoms with van der Waals surface area (Å²) in [6, 6.07) is 3.06. The first-order valence-electron chi connectivity index (χ1n) is 5.09. The smallest absolute Gasteiger partial charge is 0.341 e. The van der Waals surface area contributed by atoms with E-state index >= 15 is 0 Å². The molecule has 1 aromatic carbocycles. The van der Waals surface area contributed by atoms with Gasteiger partial charge >= 0.3 is 5.97 Å². The average molecular weight is 249 g/mol. The number of methoxy groups -OCH3 is 2. The van der Waals surface area contributed by atoms with Gasteiger partial charge in [-0.3, -0.25) is 4.79 Å². The van der Waals surface area contributed by atoms with Crippen molar-refractivity contribution in [1.82, 2.24) is 4.98 Å². The van der Waals surface area contributed by atoms with Crippen LogP contribution in [0.3, 0.4) is 0 Å². The largest absolute Gasteiger partial charge is 0.493 e. The molecule has 6 heteroatoms. The maximum Gasteiger partial charge on any atom is 0.341 e. The second-order valence-electron chi connectivity index (χ2n) is 3.56. The first kappa shape index (κ1) is 12.0. The lowest BCUT2D eigenvalue weighted by Gasteiger charge is -2.10. The molecule has 1 heterocycles.